The number of furan rings is 1. The summed E-state index contributed by atoms with van der Waals surface area (Å²) in [4.78, 5) is 13.2. The summed E-state index contributed by atoms with van der Waals surface area (Å²) in [5, 5.41) is 0.882. The van der Waals surface area contributed by atoms with Crippen molar-refractivity contribution >= 4 is 16.8 Å². The monoisotopic (exact) mass is 336 g/mol. The van der Waals surface area contributed by atoms with E-state index >= 15 is 0 Å². The van der Waals surface area contributed by atoms with E-state index in [1.165, 1.54) is 0 Å². The summed E-state index contributed by atoms with van der Waals surface area (Å²) < 4.78 is 28.2. The molecule has 25 heavy (non-hydrogen) atoms. The molecule has 0 radical (unpaired) electrons. The average molecular weight is 336 g/mol. The zero-order chi connectivity index (χ0) is 16.5. The standard InChI is InChI=1S/C19H12O6/c20-19-11-3-9-1-2-21-12(9)5-14(11)25-17-7-22-13-6-16-15(23-8-24-16)4-10(13)18(17)19/h1-6,17-18H,7-8H2/t17-,18+/m1/s1. The van der Waals surface area contributed by atoms with Gasteiger partial charge < -0.3 is 23.4 Å². The molecule has 0 bridgehead atoms. The lowest BCUT2D eigenvalue weighted by Gasteiger charge is -2.36. The maximum absolute atomic E-state index is 13.2. The number of carbonyl (C=O) groups is 1. The number of benzene rings is 2. The molecule has 0 fully saturated rings. The summed E-state index contributed by atoms with van der Waals surface area (Å²) in [6, 6.07) is 9.06. The fourth-order valence-corrected chi connectivity index (χ4v) is 3.80. The molecule has 2 atom stereocenters. The summed E-state index contributed by atoms with van der Waals surface area (Å²) in [6.07, 6.45) is 1.23. The quantitative estimate of drug-likeness (QED) is 0.628. The van der Waals surface area contributed by atoms with Crippen molar-refractivity contribution in [1.29, 1.82) is 0 Å². The summed E-state index contributed by atoms with van der Waals surface area (Å²) in [6.45, 7) is 0.483. The van der Waals surface area contributed by atoms with Crippen molar-refractivity contribution in [3.05, 3.63) is 47.7 Å². The Labute approximate surface area is 141 Å². The minimum Gasteiger partial charge on any atom is -0.489 e. The smallest absolute Gasteiger partial charge is 0.231 e. The molecule has 1 aromatic heterocycles. The maximum Gasteiger partial charge on any atom is 0.231 e. The van der Waals surface area contributed by atoms with Crippen molar-refractivity contribution in [2.75, 3.05) is 13.4 Å². The molecule has 4 heterocycles. The van der Waals surface area contributed by atoms with E-state index in [0.29, 0.717) is 40.8 Å². The van der Waals surface area contributed by atoms with Crippen molar-refractivity contribution < 1.29 is 28.2 Å². The Hall–Kier alpha value is -3.15. The Balaban J connectivity index is 1.52. The molecule has 3 aromatic rings. The molecular formula is C19H12O6. The van der Waals surface area contributed by atoms with Crippen LogP contribution in [0.15, 0.2) is 41.0 Å². The highest BCUT2D eigenvalue weighted by Gasteiger charge is 2.44. The van der Waals surface area contributed by atoms with Gasteiger partial charge >= 0.3 is 0 Å². The van der Waals surface area contributed by atoms with E-state index in [1.807, 2.05) is 18.2 Å². The second-order valence-electron chi connectivity index (χ2n) is 6.36. The second-order valence-corrected chi connectivity index (χ2v) is 6.36. The first kappa shape index (κ1) is 13.2. The van der Waals surface area contributed by atoms with Gasteiger partial charge in [0.25, 0.3) is 0 Å². The molecule has 124 valence electrons. The van der Waals surface area contributed by atoms with Crippen molar-refractivity contribution in [2.45, 2.75) is 12.0 Å². The van der Waals surface area contributed by atoms with Gasteiger partial charge in [-0.05, 0) is 18.2 Å². The molecule has 6 heteroatoms. The van der Waals surface area contributed by atoms with Crippen LogP contribution in [0.5, 0.6) is 23.0 Å². The van der Waals surface area contributed by atoms with Crippen LogP contribution < -0.4 is 18.9 Å². The summed E-state index contributed by atoms with van der Waals surface area (Å²) in [5.41, 5.74) is 2.05. The number of hydrogen-bond acceptors (Lipinski definition) is 6. The topological polar surface area (TPSA) is 67.1 Å². The number of rotatable bonds is 0. The van der Waals surface area contributed by atoms with Crippen LogP contribution >= 0.6 is 0 Å². The third kappa shape index (κ3) is 1.71. The van der Waals surface area contributed by atoms with Crippen LogP contribution in [0.1, 0.15) is 21.8 Å². The van der Waals surface area contributed by atoms with E-state index in [0.717, 1.165) is 10.9 Å². The van der Waals surface area contributed by atoms with Gasteiger partial charge in [-0.2, -0.15) is 0 Å². The Morgan fingerprint density at radius 3 is 2.72 bits per heavy atom. The van der Waals surface area contributed by atoms with E-state index < -0.39 is 5.92 Å². The maximum atomic E-state index is 13.2. The van der Waals surface area contributed by atoms with Gasteiger partial charge in [0.15, 0.2) is 17.3 Å². The van der Waals surface area contributed by atoms with Gasteiger partial charge in [0, 0.05) is 23.1 Å². The number of ketones is 1. The van der Waals surface area contributed by atoms with Crippen LogP contribution in [0.2, 0.25) is 0 Å². The number of carbonyl (C=O) groups excluding carboxylic acids is 1. The van der Waals surface area contributed by atoms with Crippen LogP contribution in [0.4, 0.5) is 0 Å². The average Bonchev–Trinajstić information content (AvgIpc) is 3.26. The fraction of sp³-hybridized carbons (Fsp3) is 0.211. The van der Waals surface area contributed by atoms with Gasteiger partial charge in [-0.1, -0.05) is 0 Å². The lowest BCUT2D eigenvalue weighted by atomic mass is 9.82. The predicted octanol–water partition coefficient (Wildman–Crippen LogP) is 3.28. The Bertz CT molecular complexity index is 1050. The molecule has 3 aliphatic rings. The van der Waals surface area contributed by atoms with Crippen molar-refractivity contribution in [3.63, 3.8) is 0 Å². The first-order chi connectivity index (χ1) is 12.3. The number of Topliss-reactive ketones (excluding diaryl/α,β-unsaturated/α-hetero) is 1. The molecule has 0 N–H and O–H groups in total. The highest BCUT2D eigenvalue weighted by molar-refractivity contribution is 6.07. The van der Waals surface area contributed by atoms with Gasteiger partial charge in [-0.25, -0.2) is 0 Å². The van der Waals surface area contributed by atoms with Crippen LogP contribution in [0.25, 0.3) is 11.0 Å². The Kier molecular flexibility index (Phi) is 2.36. The molecular weight excluding hydrogens is 324 g/mol. The molecule has 3 aliphatic heterocycles. The van der Waals surface area contributed by atoms with Gasteiger partial charge in [0.05, 0.1) is 17.7 Å². The molecule has 0 amide bonds. The summed E-state index contributed by atoms with van der Waals surface area (Å²) in [7, 11) is 0. The second kappa shape index (κ2) is 4.47. The van der Waals surface area contributed by atoms with Gasteiger partial charge in [-0.3, -0.25) is 4.79 Å². The van der Waals surface area contributed by atoms with E-state index in [-0.39, 0.29) is 18.7 Å². The van der Waals surface area contributed by atoms with Crippen molar-refractivity contribution in [1.82, 2.24) is 0 Å². The lowest BCUT2D eigenvalue weighted by Crippen LogP contribution is -2.42. The van der Waals surface area contributed by atoms with Crippen LogP contribution in [0, 0.1) is 0 Å². The molecule has 0 saturated heterocycles. The third-order valence-electron chi connectivity index (χ3n) is 5.00. The van der Waals surface area contributed by atoms with Crippen molar-refractivity contribution in [3.8, 4) is 23.0 Å². The number of hydrogen-bond donors (Lipinski definition) is 0. The Morgan fingerprint density at radius 2 is 1.80 bits per heavy atom. The van der Waals surface area contributed by atoms with Crippen molar-refractivity contribution in [2.24, 2.45) is 0 Å². The van der Waals surface area contributed by atoms with Crippen LogP contribution in [-0.2, 0) is 0 Å². The molecule has 0 saturated carbocycles. The number of fused-ring (bicyclic) bond motifs is 6. The van der Waals surface area contributed by atoms with E-state index in [1.54, 1.807) is 18.4 Å². The van der Waals surface area contributed by atoms with Gasteiger partial charge in [0.2, 0.25) is 6.79 Å². The minimum atomic E-state index is -0.421. The van der Waals surface area contributed by atoms with Crippen LogP contribution in [-0.4, -0.2) is 25.3 Å². The summed E-state index contributed by atoms with van der Waals surface area (Å²) >= 11 is 0. The van der Waals surface area contributed by atoms with Gasteiger partial charge in [0.1, 0.15) is 29.8 Å². The normalized spacial score (nSPS) is 22.6. The highest BCUT2D eigenvalue weighted by Crippen LogP contribution is 2.48. The summed E-state index contributed by atoms with van der Waals surface area (Å²) in [5.74, 6) is 2.07. The first-order valence-electron chi connectivity index (χ1n) is 8.06. The molecule has 6 rings (SSSR count). The minimum absolute atomic E-state index is 0.0257. The zero-order valence-corrected chi connectivity index (χ0v) is 13.0. The zero-order valence-electron chi connectivity index (χ0n) is 13.0. The molecule has 0 spiro atoms. The lowest BCUT2D eigenvalue weighted by molar-refractivity contribution is 0.0561. The number of ether oxygens (including phenoxy) is 4. The van der Waals surface area contributed by atoms with E-state index in [4.69, 9.17) is 23.4 Å². The highest BCUT2D eigenvalue weighted by atomic mass is 16.7. The predicted molar refractivity (Wildman–Crippen MR) is 85.8 cm³/mol. The molecule has 0 aliphatic carbocycles. The largest absolute Gasteiger partial charge is 0.489 e. The van der Waals surface area contributed by atoms with E-state index in [9.17, 15) is 4.79 Å². The fourth-order valence-electron chi connectivity index (χ4n) is 3.80. The molecule has 6 nitrogen and oxygen atoms in total. The van der Waals surface area contributed by atoms with Gasteiger partial charge in [-0.15, -0.1) is 0 Å². The van der Waals surface area contributed by atoms with E-state index in [2.05, 4.69) is 0 Å². The third-order valence-corrected chi connectivity index (χ3v) is 5.00. The Morgan fingerprint density at radius 1 is 0.920 bits per heavy atom. The molecule has 0 unspecified atom stereocenters. The first-order valence-corrected chi connectivity index (χ1v) is 8.06. The SMILES string of the molecule is O=C1c2cc3ccoc3cc2O[C@@H]2COc3cc4c(cc3[C@H]12)OCO4. The van der Waals surface area contributed by atoms with Crippen LogP contribution in [0.3, 0.4) is 0 Å². The molecule has 2 aromatic carbocycles.